The molecule has 2 aromatic heterocycles. The standard InChI is InChI=1S/C15H17BN2O3/c19-10-3-1-2-9(6-10)12-7-16(20)21-13-8-18-15-11(14(12)13)4-5-17-15/h4-5,7-10,19-20H,1-3,6H2,(H,17,18). The predicted octanol–water partition coefficient (Wildman–Crippen LogP) is 1.91. The summed E-state index contributed by atoms with van der Waals surface area (Å²) in [4.78, 5) is 7.42. The van der Waals surface area contributed by atoms with Gasteiger partial charge in [0, 0.05) is 17.1 Å². The smallest absolute Gasteiger partial charge is 0.531 e. The number of H-pyrrole nitrogens is 1. The lowest BCUT2D eigenvalue weighted by molar-refractivity contribution is 0.115. The number of aromatic amines is 1. The first-order valence-electron chi connectivity index (χ1n) is 7.43. The minimum Gasteiger partial charge on any atom is -0.531 e. The largest absolute Gasteiger partial charge is 0.552 e. The summed E-state index contributed by atoms with van der Waals surface area (Å²) in [6, 6.07) is 1.98. The van der Waals surface area contributed by atoms with Crippen molar-refractivity contribution in [2.24, 2.45) is 5.92 Å². The van der Waals surface area contributed by atoms with Gasteiger partial charge in [0.1, 0.15) is 11.4 Å². The zero-order valence-corrected chi connectivity index (χ0v) is 11.6. The van der Waals surface area contributed by atoms with E-state index < -0.39 is 7.12 Å². The molecule has 5 nitrogen and oxygen atoms in total. The molecule has 0 radical (unpaired) electrons. The molecule has 4 rings (SSSR count). The maximum Gasteiger partial charge on any atom is 0.552 e. The van der Waals surface area contributed by atoms with Gasteiger partial charge in [0.25, 0.3) is 0 Å². The maximum absolute atomic E-state index is 9.96. The van der Waals surface area contributed by atoms with Crippen LogP contribution in [0.4, 0.5) is 0 Å². The lowest BCUT2D eigenvalue weighted by atomic mass is 9.72. The Bertz CT molecular complexity index is 712. The topological polar surface area (TPSA) is 78.4 Å². The number of nitrogens with zero attached hydrogens (tertiary/aromatic N) is 1. The molecule has 0 bridgehead atoms. The van der Waals surface area contributed by atoms with E-state index in [0.29, 0.717) is 5.75 Å². The Kier molecular flexibility index (Phi) is 3.01. The molecule has 3 N–H and O–H groups in total. The predicted molar refractivity (Wildman–Crippen MR) is 80.6 cm³/mol. The summed E-state index contributed by atoms with van der Waals surface area (Å²) in [7, 11) is -0.940. The van der Waals surface area contributed by atoms with Gasteiger partial charge in [-0.05, 0) is 42.8 Å². The molecule has 0 saturated heterocycles. The summed E-state index contributed by atoms with van der Waals surface area (Å²) in [6.07, 6.45) is 6.91. The average Bonchev–Trinajstić information content (AvgIpc) is 2.94. The van der Waals surface area contributed by atoms with Crippen LogP contribution in [0.2, 0.25) is 0 Å². The van der Waals surface area contributed by atoms with Crippen LogP contribution in [0.15, 0.2) is 24.4 Å². The second kappa shape index (κ2) is 4.89. The van der Waals surface area contributed by atoms with Crippen molar-refractivity contribution in [3.05, 3.63) is 30.0 Å². The molecule has 0 aromatic carbocycles. The van der Waals surface area contributed by atoms with Crippen LogP contribution in [0.5, 0.6) is 5.75 Å². The van der Waals surface area contributed by atoms with Crippen molar-refractivity contribution < 1.29 is 14.8 Å². The van der Waals surface area contributed by atoms with Gasteiger partial charge in [-0.3, -0.25) is 0 Å². The van der Waals surface area contributed by atoms with Crippen molar-refractivity contribution in [3.63, 3.8) is 0 Å². The molecular formula is C15H17BN2O3. The minimum atomic E-state index is -0.940. The maximum atomic E-state index is 9.96. The van der Waals surface area contributed by atoms with Crippen molar-refractivity contribution in [1.29, 1.82) is 0 Å². The van der Waals surface area contributed by atoms with Crippen LogP contribution < -0.4 is 4.65 Å². The van der Waals surface area contributed by atoms with Gasteiger partial charge in [0.15, 0.2) is 0 Å². The third kappa shape index (κ3) is 2.15. The monoisotopic (exact) mass is 284 g/mol. The number of pyridine rings is 1. The van der Waals surface area contributed by atoms with Crippen molar-refractivity contribution in [2.75, 3.05) is 0 Å². The molecule has 1 saturated carbocycles. The Balaban J connectivity index is 1.85. The number of aliphatic hydroxyl groups is 1. The van der Waals surface area contributed by atoms with Crippen LogP contribution in [-0.2, 0) is 0 Å². The molecule has 1 aliphatic carbocycles. The van der Waals surface area contributed by atoms with Crippen LogP contribution in [0.25, 0.3) is 16.6 Å². The summed E-state index contributed by atoms with van der Waals surface area (Å²) in [5.41, 5.74) is 2.90. The molecule has 2 aliphatic rings. The first-order valence-corrected chi connectivity index (χ1v) is 7.43. The third-order valence-electron chi connectivity index (χ3n) is 4.50. The molecule has 1 fully saturated rings. The highest BCUT2D eigenvalue weighted by Gasteiger charge is 2.32. The Morgan fingerprint density at radius 2 is 2.29 bits per heavy atom. The van der Waals surface area contributed by atoms with E-state index in [2.05, 4.69) is 9.97 Å². The Hall–Kier alpha value is -1.79. The number of aliphatic hydroxyl groups excluding tert-OH is 1. The summed E-state index contributed by atoms with van der Waals surface area (Å²) < 4.78 is 5.50. The first-order chi connectivity index (χ1) is 10.2. The van der Waals surface area contributed by atoms with E-state index in [1.165, 1.54) is 0 Å². The van der Waals surface area contributed by atoms with Crippen LogP contribution in [0, 0.1) is 5.92 Å². The van der Waals surface area contributed by atoms with E-state index in [1.54, 1.807) is 12.2 Å². The number of nitrogens with one attached hydrogen (secondary N) is 1. The van der Waals surface area contributed by atoms with Gasteiger partial charge in [-0.25, -0.2) is 4.98 Å². The molecule has 6 heteroatoms. The first kappa shape index (κ1) is 12.9. The van der Waals surface area contributed by atoms with Crippen molar-refractivity contribution in [1.82, 2.24) is 9.97 Å². The van der Waals surface area contributed by atoms with Crippen molar-refractivity contribution in [3.8, 4) is 5.75 Å². The fourth-order valence-electron chi connectivity index (χ4n) is 3.56. The molecule has 0 amide bonds. The molecular weight excluding hydrogens is 267 g/mol. The summed E-state index contributed by atoms with van der Waals surface area (Å²) >= 11 is 0. The van der Waals surface area contributed by atoms with Crippen molar-refractivity contribution in [2.45, 2.75) is 31.8 Å². The lowest BCUT2D eigenvalue weighted by Crippen LogP contribution is -2.28. The molecule has 1 aliphatic heterocycles. The number of allylic oxidation sites excluding steroid dienone is 1. The fourth-order valence-corrected chi connectivity index (χ4v) is 3.56. The number of hydrogen-bond acceptors (Lipinski definition) is 4. The third-order valence-corrected chi connectivity index (χ3v) is 4.50. The van der Waals surface area contributed by atoms with Gasteiger partial charge in [-0.1, -0.05) is 6.42 Å². The van der Waals surface area contributed by atoms with Gasteiger partial charge in [-0.15, -0.1) is 0 Å². The van der Waals surface area contributed by atoms with Crippen molar-refractivity contribution >= 4 is 23.7 Å². The van der Waals surface area contributed by atoms with E-state index in [-0.39, 0.29) is 12.0 Å². The van der Waals surface area contributed by atoms with E-state index >= 15 is 0 Å². The second-order valence-corrected chi connectivity index (χ2v) is 5.89. The number of hydrogen-bond donors (Lipinski definition) is 3. The highest BCUT2D eigenvalue weighted by molar-refractivity contribution is 6.52. The Morgan fingerprint density at radius 1 is 1.38 bits per heavy atom. The fraction of sp³-hybridized carbons (Fsp3) is 0.400. The zero-order chi connectivity index (χ0) is 14.4. The van der Waals surface area contributed by atoms with Crippen LogP contribution in [-0.4, -0.2) is 33.3 Å². The van der Waals surface area contributed by atoms with Crippen LogP contribution in [0.3, 0.4) is 0 Å². The summed E-state index contributed by atoms with van der Waals surface area (Å²) in [5, 5.41) is 20.9. The Morgan fingerprint density at radius 3 is 3.14 bits per heavy atom. The SMILES string of the molecule is OB1C=C(C2CCCC(O)C2)c2c(cnc3[nH]ccc23)O1. The van der Waals surface area contributed by atoms with Gasteiger partial charge in [0.2, 0.25) is 0 Å². The molecule has 2 unspecified atom stereocenters. The molecule has 0 spiro atoms. The number of rotatable bonds is 1. The zero-order valence-electron chi connectivity index (χ0n) is 11.6. The highest BCUT2D eigenvalue weighted by atomic mass is 16.5. The lowest BCUT2D eigenvalue weighted by Gasteiger charge is -2.31. The van der Waals surface area contributed by atoms with Crippen LogP contribution >= 0.6 is 0 Å². The number of fused-ring (bicyclic) bond motifs is 3. The summed E-state index contributed by atoms with van der Waals surface area (Å²) in [5.74, 6) is 2.65. The number of aromatic nitrogens is 2. The quantitative estimate of drug-likeness (QED) is 0.699. The van der Waals surface area contributed by atoms with E-state index in [9.17, 15) is 10.1 Å². The molecule has 2 atom stereocenters. The van der Waals surface area contributed by atoms with Gasteiger partial charge < -0.3 is 19.8 Å². The molecule has 21 heavy (non-hydrogen) atoms. The van der Waals surface area contributed by atoms with E-state index in [4.69, 9.17) is 4.65 Å². The normalized spacial score (nSPS) is 25.4. The van der Waals surface area contributed by atoms with Gasteiger partial charge >= 0.3 is 7.12 Å². The van der Waals surface area contributed by atoms with E-state index in [0.717, 1.165) is 47.9 Å². The summed E-state index contributed by atoms with van der Waals surface area (Å²) in [6.45, 7) is 0. The molecule has 2 aromatic rings. The molecule has 108 valence electrons. The van der Waals surface area contributed by atoms with Crippen LogP contribution in [0.1, 0.15) is 31.2 Å². The Labute approximate surface area is 122 Å². The van der Waals surface area contributed by atoms with Gasteiger partial charge in [-0.2, -0.15) is 0 Å². The van der Waals surface area contributed by atoms with Gasteiger partial charge in [0.05, 0.1) is 12.3 Å². The minimum absolute atomic E-state index is 0.253. The van der Waals surface area contributed by atoms with E-state index in [1.807, 2.05) is 12.3 Å². The highest BCUT2D eigenvalue weighted by Crippen LogP contribution is 2.43. The second-order valence-electron chi connectivity index (χ2n) is 5.89. The molecule has 3 heterocycles. The average molecular weight is 284 g/mol.